The molecule has 1 aliphatic heterocycles. The second kappa shape index (κ2) is 15.0. The van der Waals surface area contributed by atoms with Gasteiger partial charge in [0.05, 0.1) is 16.9 Å². The smallest absolute Gasteiger partial charge is 0.308 e. The maximum atomic E-state index is 14.2. The molecular weight excluding hydrogens is 652 g/mol. The van der Waals surface area contributed by atoms with Crippen molar-refractivity contribution in [3.05, 3.63) is 75.9 Å². The van der Waals surface area contributed by atoms with Gasteiger partial charge in [0.25, 0.3) is 0 Å². The summed E-state index contributed by atoms with van der Waals surface area (Å²) in [6, 6.07) is 9.71. The summed E-state index contributed by atoms with van der Waals surface area (Å²) in [5.74, 6) is -2.24. The van der Waals surface area contributed by atoms with Crippen LogP contribution in [0.25, 0.3) is 10.9 Å². The molecule has 11 heteroatoms. The van der Waals surface area contributed by atoms with E-state index in [1.54, 1.807) is 33.0 Å². The van der Waals surface area contributed by atoms with Crippen LogP contribution in [-0.4, -0.2) is 63.9 Å². The minimum Gasteiger partial charge on any atom is -0.507 e. The number of halogens is 1. The summed E-state index contributed by atoms with van der Waals surface area (Å²) < 4.78 is 6.21. The van der Waals surface area contributed by atoms with Crippen LogP contribution in [-0.2, 0) is 30.3 Å². The van der Waals surface area contributed by atoms with E-state index in [0.29, 0.717) is 16.5 Å². The Morgan fingerprint density at radius 1 is 0.978 bits per heavy atom. The number of rotatable bonds is 3. The topological polar surface area (TPSA) is 141 Å². The fourth-order valence-corrected chi connectivity index (χ4v) is 6.20. The predicted molar refractivity (Wildman–Crippen MR) is 180 cm³/mol. The Balaban J connectivity index is 1.75. The van der Waals surface area contributed by atoms with Crippen molar-refractivity contribution in [3.8, 4) is 5.75 Å². The van der Waals surface area contributed by atoms with Crippen LogP contribution in [0.3, 0.4) is 0 Å². The maximum absolute atomic E-state index is 14.2. The molecule has 2 aromatic carbocycles. The van der Waals surface area contributed by atoms with Crippen LogP contribution in [0.2, 0.25) is 0 Å². The highest BCUT2D eigenvalue weighted by Crippen LogP contribution is 2.30. The van der Waals surface area contributed by atoms with Crippen molar-refractivity contribution in [2.45, 2.75) is 78.1 Å². The number of H-pyrrole nitrogens is 1. The SMILES string of the molecule is C/C1=C/[C@H](C)[C@@H](C)OC(=O)C[C@@H](c2ccc(O)c(Br)c2)NC(=O)[C@@H](Cc2c[nH]c3ccccc23)N(C)C(=O)[C@H](C)NC(=O)[C@@H](C)C1. The Kier molecular flexibility index (Phi) is 11.3. The zero-order valence-electron chi connectivity index (χ0n) is 27.1. The van der Waals surface area contributed by atoms with E-state index in [0.717, 1.165) is 22.0 Å². The zero-order chi connectivity index (χ0) is 33.7. The summed E-state index contributed by atoms with van der Waals surface area (Å²) in [4.78, 5) is 59.0. The summed E-state index contributed by atoms with van der Waals surface area (Å²) in [6.45, 7) is 9.09. The maximum Gasteiger partial charge on any atom is 0.308 e. The van der Waals surface area contributed by atoms with Crippen molar-refractivity contribution in [1.82, 2.24) is 20.5 Å². The van der Waals surface area contributed by atoms with Crippen LogP contribution < -0.4 is 10.6 Å². The summed E-state index contributed by atoms with van der Waals surface area (Å²) in [7, 11) is 1.54. The van der Waals surface area contributed by atoms with Crippen LogP contribution in [0.5, 0.6) is 5.75 Å². The summed E-state index contributed by atoms with van der Waals surface area (Å²) in [5, 5.41) is 16.9. The first-order valence-electron chi connectivity index (χ1n) is 15.5. The molecule has 46 heavy (non-hydrogen) atoms. The van der Waals surface area contributed by atoms with Gasteiger partial charge in [-0.05, 0) is 72.4 Å². The van der Waals surface area contributed by atoms with Crippen molar-refractivity contribution in [2.75, 3.05) is 7.05 Å². The van der Waals surface area contributed by atoms with Gasteiger partial charge in [-0.2, -0.15) is 0 Å². The average molecular weight is 696 g/mol. The lowest BCUT2D eigenvalue weighted by molar-refractivity contribution is -0.150. The molecular formula is C35H43BrN4O6. The Bertz CT molecular complexity index is 1630. The monoisotopic (exact) mass is 694 g/mol. The van der Waals surface area contributed by atoms with E-state index >= 15 is 0 Å². The molecule has 0 bridgehead atoms. The van der Waals surface area contributed by atoms with Gasteiger partial charge in [0, 0.05) is 42.4 Å². The van der Waals surface area contributed by atoms with Gasteiger partial charge in [0.2, 0.25) is 17.7 Å². The first kappa shape index (κ1) is 34.7. The number of nitrogens with zero attached hydrogens (tertiary/aromatic N) is 1. The highest BCUT2D eigenvalue weighted by molar-refractivity contribution is 9.10. The number of para-hydroxylation sites is 1. The number of allylic oxidation sites excluding steroid dienone is 1. The second-order valence-corrected chi connectivity index (χ2v) is 13.3. The molecule has 0 radical (unpaired) electrons. The van der Waals surface area contributed by atoms with Crippen molar-refractivity contribution in [3.63, 3.8) is 0 Å². The number of aromatic hydroxyl groups is 1. The molecule has 0 unspecified atom stereocenters. The number of esters is 1. The predicted octanol–water partition coefficient (Wildman–Crippen LogP) is 5.31. The van der Waals surface area contributed by atoms with E-state index < -0.39 is 47.9 Å². The lowest BCUT2D eigenvalue weighted by Crippen LogP contribution is -2.55. The number of carbonyl (C=O) groups is 4. The third kappa shape index (κ3) is 8.37. The van der Waals surface area contributed by atoms with Gasteiger partial charge in [-0.3, -0.25) is 19.2 Å². The van der Waals surface area contributed by atoms with E-state index in [2.05, 4.69) is 31.5 Å². The van der Waals surface area contributed by atoms with Gasteiger partial charge in [-0.25, -0.2) is 0 Å². The third-order valence-corrected chi connectivity index (χ3v) is 9.31. The van der Waals surface area contributed by atoms with Crippen molar-refractivity contribution < 1.29 is 29.0 Å². The lowest BCUT2D eigenvalue weighted by atomic mass is 9.96. The molecule has 0 aliphatic carbocycles. The number of cyclic esters (lactones) is 1. The third-order valence-electron chi connectivity index (χ3n) is 8.68. The van der Waals surface area contributed by atoms with Crippen molar-refractivity contribution in [2.24, 2.45) is 11.8 Å². The number of phenols is 1. The molecule has 10 nitrogen and oxygen atoms in total. The molecule has 4 N–H and O–H groups in total. The molecule has 0 spiro atoms. The number of likely N-dealkylation sites (N-methyl/N-ethyl adjacent to an activating group) is 1. The number of aromatic nitrogens is 1. The van der Waals surface area contributed by atoms with Gasteiger partial charge in [-0.15, -0.1) is 0 Å². The number of fused-ring (bicyclic) bond motifs is 1. The number of phenolic OH excluding ortho intramolecular Hbond substituents is 1. The van der Waals surface area contributed by atoms with Gasteiger partial charge in [0.1, 0.15) is 23.9 Å². The van der Waals surface area contributed by atoms with E-state index in [4.69, 9.17) is 4.74 Å². The summed E-state index contributed by atoms with van der Waals surface area (Å²) >= 11 is 3.33. The summed E-state index contributed by atoms with van der Waals surface area (Å²) in [6.07, 6.45) is 3.80. The summed E-state index contributed by atoms with van der Waals surface area (Å²) in [5.41, 5.74) is 3.25. The number of carbonyl (C=O) groups excluding carboxylic acids is 4. The standard InChI is InChI=1S/C35H43BrN4O6/c1-19-13-20(2)23(5)46-32(42)17-29(24-11-12-31(41)27(36)15-24)39-34(44)30(16-25-18-37-28-10-8-7-9-26(25)28)40(6)35(45)22(4)38-33(43)21(3)14-19/h7-13,15,18,20-23,29-30,37,41H,14,16-17H2,1-6H3,(H,38,43)(H,39,44)/b19-13-/t20-,21-,22-,23+,29-,30+/m0/s1. The zero-order valence-corrected chi connectivity index (χ0v) is 28.7. The lowest BCUT2D eigenvalue weighted by Gasteiger charge is -2.32. The molecule has 0 saturated heterocycles. The van der Waals surface area contributed by atoms with Crippen LogP contribution in [0.4, 0.5) is 0 Å². The van der Waals surface area contributed by atoms with E-state index in [1.807, 2.05) is 57.3 Å². The number of hydrogen-bond donors (Lipinski definition) is 4. The average Bonchev–Trinajstić information content (AvgIpc) is 3.42. The van der Waals surface area contributed by atoms with E-state index in [9.17, 15) is 24.3 Å². The molecule has 2 heterocycles. The number of amides is 3. The Morgan fingerprint density at radius 3 is 2.41 bits per heavy atom. The Morgan fingerprint density at radius 2 is 1.70 bits per heavy atom. The molecule has 3 aromatic rings. The highest BCUT2D eigenvalue weighted by Gasteiger charge is 2.34. The highest BCUT2D eigenvalue weighted by atomic mass is 79.9. The van der Waals surface area contributed by atoms with Crippen LogP contribution >= 0.6 is 15.9 Å². The molecule has 1 aromatic heterocycles. The fraction of sp³-hybridized carbons (Fsp3) is 0.429. The van der Waals surface area contributed by atoms with Gasteiger partial charge in [0.15, 0.2) is 0 Å². The number of nitrogens with one attached hydrogen (secondary N) is 3. The Hall–Kier alpha value is -4.12. The molecule has 0 saturated carbocycles. The van der Waals surface area contributed by atoms with Crippen LogP contribution in [0.15, 0.2) is 64.8 Å². The molecule has 0 fully saturated rings. The second-order valence-electron chi connectivity index (χ2n) is 12.4. The number of ether oxygens (including phenoxy) is 1. The fourth-order valence-electron chi connectivity index (χ4n) is 5.81. The van der Waals surface area contributed by atoms with Crippen LogP contribution in [0, 0.1) is 11.8 Å². The quantitative estimate of drug-likeness (QED) is 0.216. The first-order valence-corrected chi connectivity index (χ1v) is 16.3. The van der Waals surface area contributed by atoms with Crippen molar-refractivity contribution in [1.29, 1.82) is 0 Å². The largest absolute Gasteiger partial charge is 0.507 e. The molecule has 1 aliphatic rings. The van der Waals surface area contributed by atoms with Gasteiger partial charge >= 0.3 is 5.97 Å². The molecule has 4 rings (SSSR count). The van der Waals surface area contributed by atoms with Gasteiger partial charge in [-0.1, -0.05) is 49.8 Å². The molecule has 246 valence electrons. The van der Waals surface area contributed by atoms with Crippen molar-refractivity contribution >= 4 is 50.5 Å². The van der Waals surface area contributed by atoms with Crippen LogP contribution in [0.1, 0.15) is 64.6 Å². The van der Waals surface area contributed by atoms with E-state index in [1.165, 1.54) is 11.0 Å². The molecule has 3 amide bonds. The van der Waals surface area contributed by atoms with Gasteiger partial charge < -0.3 is 30.4 Å². The number of benzene rings is 2. The normalized spacial score (nSPS) is 27.2. The number of aromatic amines is 1. The first-order chi connectivity index (χ1) is 21.7. The van der Waals surface area contributed by atoms with E-state index in [-0.39, 0.29) is 30.4 Å². The minimum absolute atomic E-state index is 0.00958. The molecule has 6 atom stereocenters. The number of hydrogen-bond acceptors (Lipinski definition) is 6. The minimum atomic E-state index is -0.995. The Labute approximate surface area is 278 Å².